The first-order chi connectivity index (χ1) is 24.3. The maximum Gasteiger partial charge on any atom is 0.326 e. The lowest BCUT2D eigenvalue weighted by Gasteiger charge is -2.39. The number of rotatable bonds is 8. The topological polar surface area (TPSA) is 138 Å². The minimum Gasteiger partial charge on any atom is -0.493 e. The number of nitrogens with zero attached hydrogens (tertiary/aromatic N) is 5. The highest BCUT2D eigenvalue weighted by molar-refractivity contribution is 7.89. The Balaban J connectivity index is 1.47. The van der Waals surface area contributed by atoms with Crippen LogP contribution in [0.5, 0.6) is 5.75 Å². The summed E-state index contributed by atoms with van der Waals surface area (Å²) >= 11 is 19.1. The van der Waals surface area contributed by atoms with Crippen molar-refractivity contribution in [3.05, 3.63) is 109 Å². The van der Waals surface area contributed by atoms with Crippen LogP contribution in [0.2, 0.25) is 15.1 Å². The molecule has 1 aromatic heterocycles. The number of hydrogen-bond donors (Lipinski definition) is 1. The molecule has 0 bridgehead atoms. The SMILES string of the molecule is CCOc1cc(Cl)c(S(=O)(=O)NC)cc1C1=N[C@@H](c2ccc(Cl)cc2)[C@@H](c2ccc(Cl)cc2)N1C(=O)N1CCN(C(=O)c2c(C)noc2C)CC1. The number of aryl methyl sites for hydroxylation is 2. The molecule has 1 saturated heterocycles. The molecule has 2 aliphatic heterocycles. The normalized spacial score (nSPS) is 17.9. The zero-order valence-corrected chi connectivity index (χ0v) is 31.3. The molecule has 1 N–H and O–H groups in total. The highest BCUT2D eigenvalue weighted by Gasteiger charge is 2.45. The van der Waals surface area contributed by atoms with E-state index in [-0.39, 0.29) is 65.8 Å². The van der Waals surface area contributed by atoms with E-state index in [1.54, 1.807) is 59.7 Å². The summed E-state index contributed by atoms with van der Waals surface area (Å²) in [6, 6.07) is 15.3. The van der Waals surface area contributed by atoms with Gasteiger partial charge in [-0.2, -0.15) is 0 Å². The quantitative estimate of drug-likeness (QED) is 0.211. The van der Waals surface area contributed by atoms with Crippen LogP contribution in [-0.4, -0.2) is 85.9 Å². The van der Waals surface area contributed by atoms with Gasteiger partial charge in [0, 0.05) is 42.3 Å². The van der Waals surface area contributed by atoms with Gasteiger partial charge >= 0.3 is 6.03 Å². The van der Waals surface area contributed by atoms with Gasteiger partial charge < -0.3 is 19.1 Å². The van der Waals surface area contributed by atoms with Crippen LogP contribution < -0.4 is 9.46 Å². The molecule has 3 heterocycles. The smallest absolute Gasteiger partial charge is 0.326 e. The highest BCUT2D eigenvalue weighted by Crippen LogP contribution is 2.46. The van der Waals surface area contributed by atoms with Gasteiger partial charge in [-0.05, 0) is 69.3 Å². The maximum absolute atomic E-state index is 15.0. The molecule has 6 rings (SSSR count). The van der Waals surface area contributed by atoms with Crippen molar-refractivity contribution >= 4 is 62.6 Å². The molecule has 0 spiro atoms. The molecule has 51 heavy (non-hydrogen) atoms. The molecule has 12 nitrogen and oxygen atoms in total. The second kappa shape index (κ2) is 14.8. The molecular weight excluding hydrogens is 739 g/mol. The molecule has 2 atom stereocenters. The van der Waals surface area contributed by atoms with Crippen molar-refractivity contribution in [3.8, 4) is 5.75 Å². The van der Waals surface area contributed by atoms with Crippen molar-refractivity contribution in [1.29, 1.82) is 0 Å². The first-order valence-corrected chi connectivity index (χ1v) is 18.8. The first kappa shape index (κ1) is 36.6. The highest BCUT2D eigenvalue weighted by atomic mass is 35.5. The molecule has 268 valence electrons. The van der Waals surface area contributed by atoms with E-state index in [9.17, 15) is 18.0 Å². The van der Waals surface area contributed by atoms with Gasteiger partial charge in [0.15, 0.2) is 0 Å². The molecule has 3 amide bonds. The summed E-state index contributed by atoms with van der Waals surface area (Å²) in [5.74, 6) is 0.641. The average Bonchev–Trinajstić information content (AvgIpc) is 3.68. The van der Waals surface area contributed by atoms with Crippen LogP contribution in [0.4, 0.5) is 4.79 Å². The van der Waals surface area contributed by atoms with Crippen molar-refractivity contribution in [1.82, 2.24) is 24.6 Å². The van der Waals surface area contributed by atoms with Gasteiger partial charge in [0.1, 0.15) is 33.8 Å². The second-order valence-electron chi connectivity index (χ2n) is 12.0. The van der Waals surface area contributed by atoms with E-state index in [2.05, 4.69) is 9.88 Å². The van der Waals surface area contributed by atoms with Gasteiger partial charge in [-0.25, -0.2) is 17.9 Å². The number of aliphatic imine (C=N–C) groups is 1. The number of nitrogens with one attached hydrogen (secondary N) is 1. The van der Waals surface area contributed by atoms with Crippen LogP contribution in [-0.2, 0) is 10.0 Å². The Labute approximate surface area is 310 Å². The molecule has 0 unspecified atom stereocenters. The third-order valence-electron chi connectivity index (χ3n) is 8.91. The molecule has 1 fully saturated rings. The fourth-order valence-electron chi connectivity index (χ4n) is 6.35. The summed E-state index contributed by atoms with van der Waals surface area (Å²) in [6.07, 6.45) is 0. The van der Waals surface area contributed by atoms with Crippen LogP contribution in [0.15, 0.2) is 75.1 Å². The number of ether oxygens (including phenoxy) is 1. The molecule has 2 aliphatic rings. The maximum atomic E-state index is 15.0. The third-order valence-corrected chi connectivity index (χ3v) is 11.3. The van der Waals surface area contributed by atoms with Gasteiger partial charge in [-0.1, -0.05) is 64.2 Å². The lowest BCUT2D eigenvalue weighted by Crippen LogP contribution is -2.55. The van der Waals surface area contributed by atoms with E-state index in [0.29, 0.717) is 27.1 Å². The van der Waals surface area contributed by atoms with E-state index in [1.807, 2.05) is 24.3 Å². The summed E-state index contributed by atoms with van der Waals surface area (Å²) in [5, 5.41) is 4.89. The Morgan fingerprint density at radius 2 is 1.51 bits per heavy atom. The Bertz CT molecular complexity index is 2080. The zero-order chi connectivity index (χ0) is 36.6. The lowest BCUT2D eigenvalue weighted by atomic mass is 9.93. The van der Waals surface area contributed by atoms with Crippen molar-refractivity contribution in [3.63, 3.8) is 0 Å². The zero-order valence-electron chi connectivity index (χ0n) is 28.2. The van der Waals surface area contributed by atoms with Crippen LogP contribution in [0.1, 0.15) is 57.5 Å². The van der Waals surface area contributed by atoms with E-state index in [4.69, 9.17) is 49.1 Å². The predicted octanol–water partition coefficient (Wildman–Crippen LogP) is 6.68. The first-order valence-electron chi connectivity index (χ1n) is 16.1. The lowest BCUT2D eigenvalue weighted by molar-refractivity contribution is 0.0644. The Kier molecular flexibility index (Phi) is 10.7. The fourth-order valence-corrected chi connectivity index (χ4v) is 7.87. The van der Waals surface area contributed by atoms with Gasteiger partial charge in [-0.3, -0.25) is 14.7 Å². The van der Waals surface area contributed by atoms with Gasteiger partial charge in [0.25, 0.3) is 5.91 Å². The van der Waals surface area contributed by atoms with Crippen molar-refractivity contribution in [2.24, 2.45) is 4.99 Å². The molecule has 3 aromatic carbocycles. The number of carbonyl (C=O) groups is 2. The number of amides is 3. The number of aromatic nitrogens is 1. The predicted molar refractivity (Wildman–Crippen MR) is 194 cm³/mol. The summed E-state index contributed by atoms with van der Waals surface area (Å²) in [6.45, 7) is 6.37. The molecular formula is C35H35Cl3N6O6S. The van der Waals surface area contributed by atoms with E-state index >= 15 is 0 Å². The number of benzene rings is 3. The van der Waals surface area contributed by atoms with Crippen molar-refractivity contribution in [2.45, 2.75) is 37.8 Å². The number of amidine groups is 1. The number of hydrogen-bond acceptors (Lipinski definition) is 8. The van der Waals surface area contributed by atoms with Gasteiger partial charge in [-0.15, -0.1) is 0 Å². The molecule has 16 heteroatoms. The van der Waals surface area contributed by atoms with Crippen LogP contribution in [0.3, 0.4) is 0 Å². The number of urea groups is 1. The minimum atomic E-state index is -4.04. The Hall–Kier alpha value is -4.14. The van der Waals surface area contributed by atoms with Crippen LogP contribution in [0.25, 0.3) is 0 Å². The Morgan fingerprint density at radius 3 is 2.06 bits per heavy atom. The minimum absolute atomic E-state index is 0.0596. The number of piperazine rings is 1. The van der Waals surface area contributed by atoms with Crippen molar-refractivity contribution in [2.75, 3.05) is 39.8 Å². The van der Waals surface area contributed by atoms with Gasteiger partial charge in [0.2, 0.25) is 10.0 Å². The average molecular weight is 774 g/mol. The number of halogens is 3. The Morgan fingerprint density at radius 1 is 0.922 bits per heavy atom. The molecule has 4 aromatic rings. The third kappa shape index (κ3) is 7.18. The van der Waals surface area contributed by atoms with E-state index in [1.165, 1.54) is 19.2 Å². The van der Waals surface area contributed by atoms with Crippen LogP contribution in [0, 0.1) is 13.8 Å². The number of carbonyl (C=O) groups excluding carboxylic acids is 2. The second-order valence-corrected chi connectivity index (χ2v) is 15.1. The molecule has 0 saturated carbocycles. The summed E-state index contributed by atoms with van der Waals surface area (Å²) in [7, 11) is -2.75. The van der Waals surface area contributed by atoms with Crippen molar-refractivity contribution < 1.29 is 27.3 Å². The largest absolute Gasteiger partial charge is 0.493 e. The fraction of sp³-hybridized carbons (Fsp3) is 0.314. The molecule has 0 radical (unpaired) electrons. The molecule has 0 aliphatic carbocycles. The van der Waals surface area contributed by atoms with Gasteiger partial charge in [0.05, 0.1) is 28.9 Å². The van der Waals surface area contributed by atoms with Crippen LogP contribution >= 0.6 is 34.8 Å². The summed E-state index contributed by atoms with van der Waals surface area (Å²) < 4.78 is 39.8. The summed E-state index contributed by atoms with van der Waals surface area (Å²) in [4.78, 5) is 38.2. The number of sulfonamides is 1. The standard InChI is InChI=1S/C35H35Cl3N6O6S/c1-5-49-28-19-27(38)29(51(47,48)39-4)18-26(28)33-40-31(22-6-10-24(36)11-7-22)32(23-8-12-25(37)13-9-23)44(33)35(46)43-16-14-42(15-17-43)34(45)30-20(2)41-50-21(30)3/h6-13,18-19,31-32,39H,5,14-17H2,1-4H3/t31-,32+/m0/s1. The monoisotopic (exact) mass is 772 g/mol. The van der Waals surface area contributed by atoms with E-state index < -0.39 is 28.1 Å². The summed E-state index contributed by atoms with van der Waals surface area (Å²) in [5.41, 5.74) is 2.66. The van der Waals surface area contributed by atoms with E-state index in [0.717, 1.165) is 11.1 Å².